The van der Waals surface area contributed by atoms with E-state index in [-0.39, 0.29) is 43.5 Å². The molecule has 0 radical (unpaired) electrons. The van der Waals surface area contributed by atoms with Crippen LogP contribution in [-0.4, -0.2) is 47.6 Å². The summed E-state index contributed by atoms with van der Waals surface area (Å²) in [4.78, 5) is 25.5. The smallest absolute Gasteiger partial charge is 0.282 e. The lowest BCUT2D eigenvalue weighted by Crippen LogP contribution is -2.28. The molecule has 214 valence electrons. The highest BCUT2D eigenvalue weighted by Crippen LogP contribution is 2.33. The number of anilines is 4. The van der Waals surface area contributed by atoms with E-state index in [2.05, 4.69) is 31.3 Å². The number of carbonyl (C=O) groups excluding carboxylic acids is 2. The molecule has 3 aromatic carbocycles. The van der Waals surface area contributed by atoms with E-state index in [9.17, 15) is 18.0 Å². The van der Waals surface area contributed by atoms with E-state index in [1.54, 1.807) is 38.1 Å². The van der Waals surface area contributed by atoms with Crippen LogP contribution in [0.25, 0.3) is 0 Å². The molecule has 5 rings (SSSR count). The van der Waals surface area contributed by atoms with Gasteiger partial charge < -0.3 is 0 Å². The molecule has 0 unspecified atom stereocenters. The van der Waals surface area contributed by atoms with Crippen LogP contribution in [0.15, 0.2) is 92.0 Å². The van der Waals surface area contributed by atoms with Crippen LogP contribution in [-0.2, 0) is 19.7 Å². The zero-order valence-corrected chi connectivity index (χ0v) is 24.1. The highest BCUT2D eigenvalue weighted by Gasteiger charge is 2.32. The Morgan fingerprint density at radius 2 is 1.17 bits per heavy atom. The molecule has 0 saturated carbocycles. The van der Waals surface area contributed by atoms with Gasteiger partial charge in [0.2, 0.25) is 0 Å². The minimum absolute atomic E-state index is 0.0212. The molecule has 2 heterocycles. The molecule has 0 fully saturated rings. The van der Waals surface area contributed by atoms with Crippen LogP contribution in [0.4, 0.5) is 22.7 Å². The lowest BCUT2D eigenvalue weighted by atomic mass is 10.2. The number of amides is 2. The molecule has 3 N–H and O–H groups in total. The molecule has 0 aliphatic carbocycles. The summed E-state index contributed by atoms with van der Waals surface area (Å²) in [5.74, 6) is -0.997. The molecule has 0 atom stereocenters. The van der Waals surface area contributed by atoms with Gasteiger partial charge in [-0.15, -0.1) is 0 Å². The van der Waals surface area contributed by atoms with Crippen LogP contribution in [0.5, 0.6) is 0 Å². The molecular weight excluding hydrogens is 607 g/mol. The monoisotopic (exact) mass is 626 g/mol. The van der Waals surface area contributed by atoms with Crippen molar-refractivity contribution in [2.75, 3.05) is 20.9 Å². The Bertz CT molecular complexity index is 1840. The average molecular weight is 627 g/mol. The molecule has 42 heavy (non-hydrogen) atoms. The van der Waals surface area contributed by atoms with Gasteiger partial charge in [-0.2, -0.15) is 38.8 Å². The van der Waals surface area contributed by atoms with Crippen LogP contribution in [0.2, 0.25) is 10.0 Å². The van der Waals surface area contributed by atoms with Gasteiger partial charge in [0.15, 0.2) is 11.4 Å². The third kappa shape index (κ3) is 5.73. The Morgan fingerprint density at radius 1 is 0.738 bits per heavy atom. The van der Waals surface area contributed by atoms with E-state index in [4.69, 9.17) is 27.8 Å². The Hall–Kier alpha value is -4.63. The maximum atomic E-state index is 13.0. The van der Waals surface area contributed by atoms with Crippen LogP contribution in [0.3, 0.4) is 0 Å². The van der Waals surface area contributed by atoms with E-state index in [1.165, 1.54) is 29.3 Å². The van der Waals surface area contributed by atoms with Gasteiger partial charge >= 0.3 is 11.8 Å². The third-order valence-electron chi connectivity index (χ3n) is 5.99. The van der Waals surface area contributed by atoms with Crippen molar-refractivity contribution in [2.24, 2.45) is 20.4 Å². The van der Waals surface area contributed by atoms with Gasteiger partial charge in [-0.05, 0) is 62.4 Å². The second-order valence-corrected chi connectivity index (χ2v) is 11.1. The summed E-state index contributed by atoms with van der Waals surface area (Å²) in [5.41, 5.74) is 7.68. The number of hydrazone groups is 4. The van der Waals surface area contributed by atoms with Gasteiger partial charge in [0.1, 0.15) is 0 Å². The molecular formula is C26H20Cl2N8O5S. The summed E-state index contributed by atoms with van der Waals surface area (Å²) in [5, 5.41) is 19.4. The van der Waals surface area contributed by atoms with Gasteiger partial charge in [-0.3, -0.25) is 25.0 Å². The fourth-order valence-electron chi connectivity index (χ4n) is 3.88. The molecule has 13 nitrogen and oxygen atoms in total. The SMILES string of the molecule is CC1=NN(c2ccccc2)C(=O)/C1=N\Nc1cc(Cl)c(N/N=C2\C(=O)N(c3ccc(S(=O)(=O)O)cc3)N=C2C)cc1Cl. The molecule has 2 amide bonds. The first-order valence-corrected chi connectivity index (χ1v) is 14.2. The van der Waals surface area contributed by atoms with Crippen molar-refractivity contribution >= 4 is 90.7 Å². The minimum atomic E-state index is -4.38. The summed E-state index contributed by atoms with van der Waals surface area (Å²) in [7, 11) is -4.38. The maximum absolute atomic E-state index is 13.0. The standard InChI is InChI=1S/C26H20Cl2N8O5S/c1-14-23(25(37)35(33-14)16-6-4-3-5-7-16)31-29-21-12-20(28)22(13-19(21)27)30-32-24-15(2)34-36(26(24)38)17-8-10-18(11-9-17)42(39,40)41/h3-13,29-30H,1-2H3,(H,39,40,41)/b31-23-,32-24-. The van der Waals surface area contributed by atoms with E-state index >= 15 is 0 Å². The number of rotatable bonds is 7. The zero-order valence-electron chi connectivity index (χ0n) is 21.8. The van der Waals surface area contributed by atoms with Gasteiger partial charge in [-0.1, -0.05) is 41.4 Å². The Labute approximate surface area is 249 Å². The fraction of sp³-hybridized carbons (Fsp3) is 0.0769. The van der Waals surface area contributed by atoms with E-state index in [1.807, 2.05) is 6.07 Å². The maximum Gasteiger partial charge on any atom is 0.301 e. The highest BCUT2D eigenvalue weighted by molar-refractivity contribution is 7.85. The largest absolute Gasteiger partial charge is 0.301 e. The van der Waals surface area contributed by atoms with E-state index in [0.29, 0.717) is 17.1 Å². The number of benzene rings is 3. The molecule has 16 heteroatoms. The van der Waals surface area contributed by atoms with Crippen molar-refractivity contribution in [1.82, 2.24) is 0 Å². The summed E-state index contributed by atoms with van der Waals surface area (Å²) in [6, 6.07) is 16.8. The van der Waals surface area contributed by atoms with Crippen LogP contribution in [0, 0.1) is 0 Å². The summed E-state index contributed by atoms with van der Waals surface area (Å²) >= 11 is 12.8. The van der Waals surface area contributed by atoms with Gasteiger partial charge in [0.25, 0.3) is 10.1 Å². The lowest BCUT2D eigenvalue weighted by Gasteiger charge is -2.12. The van der Waals surface area contributed by atoms with Crippen molar-refractivity contribution in [1.29, 1.82) is 0 Å². The number of nitrogens with zero attached hydrogens (tertiary/aromatic N) is 6. The molecule has 0 saturated heterocycles. The molecule has 0 bridgehead atoms. The summed E-state index contributed by atoms with van der Waals surface area (Å²) in [6.07, 6.45) is 0. The van der Waals surface area contributed by atoms with Crippen molar-refractivity contribution in [2.45, 2.75) is 18.7 Å². The highest BCUT2D eigenvalue weighted by atomic mass is 35.5. The minimum Gasteiger partial charge on any atom is -0.282 e. The fourth-order valence-corrected chi connectivity index (χ4v) is 4.77. The predicted octanol–water partition coefficient (Wildman–Crippen LogP) is 4.62. The van der Waals surface area contributed by atoms with Crippen molar-refractivity contribution in [3.8, 4) is 0 Å². The Morgan fingerprint density at radius 3 is 1.60 bits per heavy atom. The number of nitrogens with one attached hydrogen (secondary N) is 2. The van der Waals surface area contributed by atoms with Gasteiger partial charge in [0, 0.05) is 0 Å². The van der Waals surface area contributed by atoms with Crippen molar-refractivity contribution < 1.29 is 22.6 Å². The topological polar surface area (TPSA) is 168 Å². The molecule has 2 aliphatic rings. The zero-order chi connectivity index (χ0) is 30.2. The molecule has 0 spiro atoms. The first-order valence-electron chi connectivity index (χ1n) is 12.0. The van der Waals surface area contributed by atoms with Crippen LogP contribution in [0.1, 0.15) is 13.8 Å². The number of hydrogen-bond acceptors (Lipinski definition) is 10. The summed E-state index contributed by atoms with van der Waals surface area (Å²) in [6.45, 7) is 3.23. The number of hydrogen-bond donors (Lipinski definition) is 3. The first kappa shape index (κ1) is 28.9. The van der Waals surface area contributed by atoms with Gasteiger partial charge in [0.05, 0.1) is 49.1 Å². The third-order valence-corrected chi connectivity index (χ3v) is 7.48. The van der Waals surface area contributed by atoms with Gasteiger partial charge in [-0.25, -0.2) is 0 Å². The molecule has 2 aliphatic heterocycles. The normalized spacial score (nSPS) is 17.3. The lowest BCUT2D eigenvalue weighted by molar-refractivity contribution is -0.112. The summed E-state index contributed by atoms with van der Waals surface area (Å²) < 4.78 is 31.7. The van der Waals surface area contributed by atoms with Crippen LogP contribution >= 0.6 is 23.2 Å². The number of carbonyl (C=O) groups is 2. The van der Waals surface area contributed by atoms with Crippen LogP contribution < -0.4 is 20.9 Å². The Balaban J connectivity index is 1.29. The number of para-hydroxylation sites is 1. The number of halogens is 2. The second kappa shape index (κ2) is 11.3. The quantitative estimate of drug-likeness (QED) is 0.254. The van der Waals surface area contributed by atoms with Crippen molar-refractivity contribution in [3.63, 3.8) is 0 Å². The Kier molecular flexibility index (Phi) is 7.79. The second-order valence-electron chi connectivity index (χ2n) is 8.87. The van der Waals surface area contributed by atoms with E-state index < -0.39 is 21.9 Å². The molecule has 0 aromatic heterocycles. The average Bonchev–Trinajstić information content (AvgIpc) is 3.41. The van der Waals surface area contributed by atoms with E-state index in [0.717, 1.165) is 17.1 Å². The van der Waals surface area contributed by atoms with Crippen molar-refractivity contribution in [3.05, 3.63) is 76.8 Å². The first-order chi connectivity index (χ1) is 19.9. The molecule has 3 aromatic rings. The predicted molar refractivity (Wildman–Crippen MR) is 162 cm³/mol.